The first-order chi connectivity index (χ1) is 17.2. The van der Waals surface area contributed by atoms with Crippen molar-refractivity contribution in [2.45, 2.75) is 31.8 Å². The van der Waals surface area contributed by atoms with Crippen LogP contribution in [0.15, 0.2) is 45.9 Å². The number of nitrogens with zero attached hydrogens (tertiary/aromatic N) is 5. The van der Waals surface area contributed by atoms with E-state index in [0.29, 0.717) is 44.0 Å². The van der Waals surface area contributed by atoms with E-state index in [1.165, 1.54) is 0 Å². The van der Waals surface area contributed by atoms with Crippen LogP contribution in [0.1, 0.15) is 31.1 Å². The second-order valence-corrected chi connectivity index (χ2v) is 10.0. The molecule has 182 valence electrons. The van der Waals surface area contributed by atoms with Gasteiger partial charge >= 0.3 is 5.69 Å². The van der Waals surface area contributed by atoms with Gasteiger partial charge in [-0.2, -0.15) is 4.98 Å². The molecule has 0 spiro atoms. The Hall–Kier alpha value is -2.82. The molecule has 0 radical (unpaired) electrons. The molecule has 0 bridgehead atoms. The van der Waals surface area contributed by atoms with Gasteiger partial charge in [-0.1, -0.05) is 15.9 Å². The van der Waals surface area contributed by atoms with Crippen LogP contribution in [0.4, 0.5) is 0 Å². The number of aromatic nitrogens is 5. The summed E-state index contributed by atoms with van der Waals surface area (Å²) in [5, 5.41) is 0.842. The predicted molar refractivity (Wildman–Crippen MR) is 134 cm³/mol. The number of hydrogen-bond acceptors (Lipinski definition) is 7. The van der Waals surface area contributed by atoms with Gasteiger partial charge in [-0.05, 0) is 43.5 Å². The molecule has 5 heterocycles. The largest absolute Gasteiger partial charge is 0.477 e. The molecule has 2 aliphatic rings. The highest BCUT2D eigenvalue weighted by molar-refractivity contribution is 9.10. The molecule has 1 unspecified atom stereocenters. The smallest absolute Gasteiger partial charge is 0.329 e. The number of rotatable bonds is 6. The maximum absolute atomic E-state index is 13.6. The summed E-state index contributed by atoms with van der Waals surface area (Å²) in [7, 11) is 0. The molecular weight excluding hydrogens is 514 g/mol. The monoisotopic (exact) mass is 539 g/mol. The van der Waals surface area contributed by atoms with Gasteiger partial charge in [-0.15, -0.1) is 0 Å². The van der Waals surface area contributed by atoms with Crippen molar-refractivity contribution in [3.63, 3.8) is 0 Å². The fourth-order valence-electron chi connectivity index (χ4n) is 4.93. The maximum Gasteiger partial charge on any atom is 0.329 e. The number of fused-ring (bicyclic) bond motifs is 2. The molecule has 0 amide bonds. The van der Waals surface area contributed by atoms with Crippen LogP contribution in [0.2, 0.25) is 0 Å². The molecule has 0 N–H and O–H groups in total. The van der Waals surface area contributed by atoms with Crippen LogP contribution in [0.5, 0.6) is 5.88 Å². The predicted octanol–water partition coefficient (Wildman–Crippen LogP) is 3.72. The summed E-state index contributed by atoms with van der Waals surface area (Å²) in [5.41, 5.74) is 2.33. The minimum atomic E-state index is -0.0802. The minimum absolute atomic E-state index is 0.0802. The van der Waals surface area contributed by atoms with E-state index < -0.39 is 0 Å². The van der Waals surface area contributed by atoms with E-state index >= 15 is 0 Å². The van der Waals surface area contributed by atoms with E-state index in [1.807, 2.05) is 28.8 Å². The van der Waals surface area contributed by atoms with Gasteiger partial charge in [0.1, 0.15) is 0 Å². The number of benzene rings is 1. The van der Waals surface area contributed by atoms with Gasteiger partial charge in [0, 0.05) is 42.4 Å². The molecule has 0 aliphatic carbocycles. The second kappa shape index (κ2) is 9.67. The van der Waals surface area contributed by atoms with Crippen LogP contribution in [0.3, 0.4) is 0 Å². The molecule has 0 saturated carbocycles. The van der Waals surface area contributed by atoms with E-state index in [0.717, 1.165) is 52.3 Å². The lowest BCUT2D eigenvalue weighted by atomic mass is 10.1. The molecule has 6 rings (SSSR count). The average molecular weight is 540 g/mol. The standard InChI is InChI=1S/C25H26BrN5O4/c26-17-1-2-19-20(11-17)28-23(29-24(19)35-15-16-4-8-34-14-16)13-30-22-12-27-7-3-21(22)31(25(30)32)18-5-9-33-10-6-18/h1-3,7,11-12,16,18H,4-6,8-10,13-15H2. The zero-order chi connectivity index (χ0) is 23.8. The first-order valence-electron chi connectivity index (χ1n) is 12.0. The van der Waals surface area contributed by atoms with Crippen molar-refractivity contribution in [1.29, 1.82) is 0 Å². The Labute approximate surface area is 210 Å². The second-order valence-electron chi connectivity index (χ2n) is 9.09. The van der Waals surface area contributed by atoms with Gasteiger partial charge in [0.25, 0.3) is 0 Å². The van der Waals surface area contributed by atoms with Gasteiger partial charge in [0.2, 0.25) is 5.88 Å². The van der Waals surface area contributed by atoms with E-state index in [1.54, 1.807) is 17.0 Å². The molecule has 2 saturated heterocycles. The third kappa shape index (κ3) is 4.46. The first-order valence-corrected chi connectivity index (χ1v) is 12.8. The highest BCUT2D eigenvalue weighted by Crippen LogP contribution is 2.28. The summed E-state index contributed by atoms with van der Waals surface area (Å²) in [4.78, 5) is 27.5. The summed E-state index contributed by atoms with van der Waals surface area (Å²) < 4.78 is 21.7. The van der Waals surface area contributed by atoms with Gasteiger partial charge < -0.3 is 14.2 Å². The van der Waals surface area contributed by atoms with Crippen molar-refractivity contribution in [2.75, 3.05) is 33.0 Å². The van der Waals surface area contributed by atoms with Crippen LogP contribution in [0, 0.1) is 5.92 Å². The SMILES string of the molecule is O=c1n(Cc2nc(OCC3CCOC3)c3ccc(Br)cc3n2)c2cnccc2n1C1CCOCC1. The van der Waals surface area contributed by atoms with Crippen molar-refractivity contribution >= 4 is 37.9 Å². The highest BCUT2D eigenvalue weighted by Gasteiger charge is 2.24. The van der Waals surface area contributed by atoms with Crippen LogP contribution in [-0.2, 0) is 16.0 Å². The minimum Gasteiger partial charge on any atom is -0.477 e. The molecule has 2 fully saturated rings. The normalized spacial score (nSPS) is 19.1. The first kappa shape index (κ1) is 22.6. The van der Waals surface area contributed by atoms with Crippen LogP contribution < -0.4 is 10.4 Å². The van der Waals surface area contributed by atoms with Crippen molar-refractivity contribution < 1.29 is 14.2 Å². The van der Waals surface area contributed by atoms with Crippen molar-refractivity contribution in [1.82, 2.24) is 24.1 Å². The molecular formula is C25H26BrN5O4. The fourth-order valence-corrected chi connectivity index (χ4v) is 5.28. The quantitative estimate of drug-likeness (QED) is 0.368. The molecule has 3 aromatic heterocycles. The van der Waals surface area contributed by atoms with Gasteiger partial charge in [-0.25, -0.2) is 9.78 Å². The van der Waals surface area contributed by atoms with Gasteiger partial charge in [0.05, 0.1) is 47.9 Å². The third-order valence-electron chi connectivity index (χ3n) is 6.77. The van der Waals surface area contributed by atoms with Crippen LogP contribution in [0.25, 0.3) is 21.9 Å². The molecule has 35 heavy (non-hydrogen) atoms. The Bertz CT molecular complexity index is 1420. The lowest BCUT2D eigenvalue weighted by Crippen LogP contribution is -2.31. The molecule has 9 nitrogen and oxygen atoms in total. The lowest BCUT2D eigenvalue weighted by Gasteiger charge is -2.23. The molecule has 4 aromatic rings. The zero-order valence-corrected chi connectivity index (χ0v) is 20.8. The molecule has 2 aliphatic heterocycles. The topological polar surface area (TPSA) is 93.3 Å². The molecule has 1 aromatic carbocycles. The molecule has 1 atom stereocenters. The Morgan fingerprint density at radius 3 is 2.74 bits per heavy atom. The summed E-state index contributed by atoms with van der Waals surface area (Å²) in [6.07, 6.45) is 6.07. The Balaban J connectivity index is 1.40. The Morgan fingerprint density at radius 2 is 1.91 bits per heavy atom. The van der Waals surface area contributed by atoms with E-state index in [9.17, 15) is 4.79 Å². The highest BCUT2D eigenvalue weighted by atomic mass is 79.9. The molecule has 10 heteroatoms. The maximum atomic E-state index is 13.6. The van der Waals surface area contributed by atoms with Gasteiger partial charge in [0.15, 0.2) is 5.82 Å². The fraction of sp³-hybridized carbons (Fsp3) is 0.440. The summed E-state index contributed by atoms with van der Waals surface area (Å²) in [6.45, 7) is 3.55. The summed E-state index contributed by atoms with van der Waals surface area (Å²) in [6, 6.07) is 7.86. The Kier molecular flexibility index (Phi) is 6.26. The van der Waals surface area contributed by atoms with Crippen molar-refractivity contribution in [2.24, 2.45) is 5.92 Å². The van der Waals surface area contributed by atoms with E-state index in [2.05, 4.69) is 20.9 Å². The summed E-state index contributed by atoms with van der Waals surface area (Å²) in [5.74, 6) is 1.40. The van der Waals surface area contributed by atoms with Crippen LogP contribution >= 0.6 is 15.9 Å². The third-order valence-corrected chi connectivity index (χ3v) is 7.26. The number of hydrogen-bond donors (Lipinski definition) is 0. The zero-order valence-electron chi connectivity index (χ0n) is 19.2. The van der Waals surface area contributed by atoms with Gasteiger partial charge in [-0.3, -0.25) is 14.1 Å². The number of pyridine rings is 1. The average Bonchev–Trinajstić information content (AvgIpc) is 3.49. The number of ether oxygens (including phenoxy) is 3. The number of halogens is 1. The van der Waals surface area contributed by atoms with Crippen molar-refractivity contribution in [3.05, 3.63) is 57.4 Å². The number of imidazole rings is 1. The summed E-state index contributed by atoms with van der Waals surface area (Å²) >= 11 is 3.54. The van der Waals surface area contributed by atoms with E-state index in [-0.39, 0.29) is 18.3 Å². The lowest BCUT2D eigenvalue weighted by molar-refractivity contribution is 0.0696. The van der Waals surface area contributed by atoms with E-state index in [4.69, 9.17) is 24.2 Å². The Morgan fingerprint density at radius 1 is 1.06 bits per heavy atom. The van der Waals surface area contributed by atoms with Crippen molar-refractivity contribution in [3.8, 4) is 5.88 Å². The van der Waals surface area contributed by atoms with Crippen LogP contribution in [-0.4, -0.2) is 57.1 Å².